The smallest absolute Gasteiger partial charge is 0.348 e. The Bertz CT molecular complexity index is 304. The SMILES string of the molecule is O=c1ccc(=O)osso1. The normalized spacial score (nSPS) is 8.80. The summed E-state index contributed by atoms with van der Waals surface area (Å²) < 4.78 is 8.82. The van der Waals surface area contributed by atoms with Crippen LogP contribution in [0.25, 0.3) is 0 Å². The van der Waals surface area contributed by atoms with Gasteiger partial charge in [0, 0.05) is 12.1 Å². The van der Waals surface area contributed by atoms with Gasteiger partial charge in [0.2, 0.25) is 0 Å². The molecule has 0 aliphatic carbocycles. The lowest BCUT2D eigenvalue weighted by molar-refractivity contribution is 0.616. The lowest BCUT2D eigenvalue weighted by Gasteiger charge is -1.69. The van der Waals surface area contributed by atoms with Gasteiger partial charge in [-0.25, -0.2) is 9.59 Å². The Morgan fingerprint density at radius 1 is 1.00 bits per heavy atom. The summed E-state index contributed by atoms with van der Waals surface area (Å²) >= 11 is 0. The second kappa shape index (κ2) is 3.33. The van der Waals surface area contributed by atoms with E-state index in [0.717, 1.165) is 12.1 Å². The van der Waals surface area contributed by atoms with Gasteiger partial charge in [-0.05, 0) is 0 Å². The highest BCUT2D eigenvalue weighted by Gasteiger charge is 1.80. The van der Waals surface area contributed by atoms with Crippen LogP contribution >= 0.6 is 21.3 Å². The zero-order chi connectivity index (χ0) is 7.40. The van der Waals surface area contributed by atoms with Crippen molar-refractivity contribution >= 4 is 21.3 Å². The van der Waals surface area contributed by atoms with Crippen LogP contribution in [0.5, 0.6) is 0 Å². The summed E-state index contributed by atoms with van der Waals surface area (Å²) in [6.45, 7) is 0. The molecule has 0 fully saturated rings. The summed E-state index contributed by atoms with van der Waals surface area (Å²) in [7, 11) is 1.43. The molecule has 1 heterocycles. The van der Waals surface area contributed by atoms with Crippen LogP contribution in [0.2, 0.25) is 0 Å². The van der Waals surface area contributed by atoms with E-state index in [1.165, 1.54) is 0 Å². The first-order valence-corrected chi connectivity index (χ1v) is 4.23. The van der Waals surface area contributed by atoms with Crippen molar-refractivity contribution in [2.45, 2.75) is 0 Å². The zero-order valence-electron chi connectivity index (χ0n) is 4.60. The van der Waals surface area contributed by atoms with Crippen molar-refractivity contribution in [3.63, 3.8) is 0 Å². The molecule has 0 aliphatic heterocycles. The first kappa shape index (κ1) is 7.23. The predicted molar refractivity (Wildman–Crippen MR) is 36.9 cm³/mol. The minimum Gasteiger partial charge on any atom is -0.348 e. The molecule has 54 valence electrons. The largest absolute Gasteiger partial charge is 0.348 e. The molecule has 0 atom stereocenters. The lowest BCUT2D eigenvalue weighted by atomic mass is 10.6. The van der Waals surface area contributed by atoms with E-state index in [1.54, 1.807) is 0 Å². The molecule has 4 nitrogen and oxygen atoms in total. The van der Waals surface area contributed by atoms with Crippen molar-refractivity contribution in [1.82, 2.24) is 0 Å². The summed E-state index contributed by atoms with van der Waals surface area (Å²) in [6.07, 6.45) is 0. The van der Waals surface area contributed by atoms with Gasteiger partial charge in [0.15, 0.2) is 0 Å². The predicted octanol–water partition coefficient (Wildman–Crippen LogP) is 0.840. The lowest BCUT2D eigenvalue weighted by Crippen LogP contribution is -1.95. The van der Waals surface area contributed by atoms with Gasteiger partial charge in [0.05, 0.1) is 0 Å². The molecule has 0 bridgehead atoms. The van der Waals surface area contributed by atoms with Crippen molar-refractivity contribution in [2.24, 2.45) is 0 Å². The molecule has 1 aromatic rings. The second-order valence-corrected chi connectivity index (χ2v) is 2.70. The van der Waals surface area contributed by atoms with E-state index in [9.17, 15) is 9.59 Å². The Balaban J connectivity index is 3.44. The maximum atomic E-state index is 10.4. The fourth-order valence-corrected chi connectivity index (χ4v) is 1.16. The van der Waals surface area contributed by atoms with Crippen LogP contribution in [0, 0.1) is 0 Å². The summed E-state index contributed by atoms with van der Waals surface area (Å²) in [5.74, 6) is 0. The third-order valence-corrected chi connectivity index (χ3v) is 1.71. The number of hydrogen-bond donors (Lipinski definition) is 0. The Morgan fingerprint density at radius 3 is 1.80 bits per heavy atom. The van der Waals surface area contributed by atoms with Gasteiger partial charge < -0.3 is 7.70 Å². The van der Waals surface area contributed by atoms with E-state index in [1.807, 2.05) is 0 Å². The van der Waals surface area contributed by atoms with Crippen LogP contribution < -0.4 is 11.3 Å². The molecule has 0 aromatic carbocycles. The Hall–Kier alpha value is -0.880. The standard InChI is InChI=1S/C4H2O4S2/c5-3-1-2-4(6)8-10-9-7-3/h1-2H. The molecule has 0 N–H and O–H groups in total. The van der Waals surface area contributed by atoms with Gasteiger partial charge in [-0.15, -0.1) is 0 Å². The Labute approximate surface area is 62.5 Å². The average Bonchev–Trinajstić information content (AvgIpc) is 1.90. The minimum atomic E-state index is -0.561. The minimum absolute atomic E-state index is 0.561. The van der Waals surface area contributed by atoms with Gasteiger partial charge in [-0.1, -0.05) is 0 Å². The third kappa shape index (κ3) is 2.16. The Morgan fingerprint density at radius 2 is 1.40 bits per heavy atom. The van der Waals surface area contributed by atoms with Crippen molar-refractivity contribution < 1.29 is 7.70 Å². The highest BCUT2D eigenvalue weighted by atomic mass is 32.9. The molecular formula is C4H2O4S2. The van der Waals surface area contributed by atoms with E-state index >= 15 is 0 Å². The molecule has 0 radical (unpaired) electrons. The van der Waals surface area contributed by atoms with E-state index in [4.69, 9.17) is 0 Å². The molecule has 10 heavy (non-hydrogen) atoms. The third-order valence-electron chi connectivity index (χ3n) is 0.616. The maximum Gasteiger partial charge on any atom is 0.348 e. The summed E-state index contributed by atoms with van der Waals surface area (Å²) in [5.41, 5.74) is -1.12. The van der Waals surface area contributed by atoms with Gasteiger partial charge in [0.25, 0.3) is 0 Å². The van der Waals surface area contributed by atoms with Gasteiger partial charge in [0.1, 0.15) is 21.3 Å². The van der Waals surface area contributed by atoms with E-state index in [2.05, 4.69) is 7.70 Å². The maximum absolute atomic E-state index is 10.4. The number of rotatable bonds is 0. The molecule has 0 saturated carbocycles. The van der Waals surface area contributed by atoms with Crippen molar-refractivity contribution in [1.29, 1.82) is 0 Å². The molecule has 0 unspecified atom stereocenters. The topological polar surface area (TPSA) is 60.4 Å². The van der Waals surface area contributed by atoms with Crippen molar-refractivity contribution in [2.75, 3.05) is 0 Å². The van der Waals surface area contributed by atoms with Crippen LogP contribution in [0.15, 0.2) is 29.4 Å². The van der Waals surface area contributed by atoms with E-state index < -0.39 is 11.3 Å². The molecule has 0 aliphatic rings. The van der Waals surface area contributed by atoms with Gasteiger partial charge >= 0.3 is 11.3 Å². The van der Waals surface area contributed by atoms with Crippen molar-refractivity contribution in [3.8, 4) is 0 Å². The molecule has 1 aromatic heterocycles. The van der Waals surface area contributed by atoms with Crippen LogP contribution in [-0.4, -0.2) is 0 Å². The first-order valence-electron chi connectivity index (χ1n) is 2.23. The summed E-state index contributed by atoms with van der Waals surface area (Å²) in [5, 5.41) is 0. The molecule has 6 heteroatoms. The highest BCUT2D eigenvalue weighted by Crippen LogP contribution is 1.93. The van der Waals surface area contributed by atoms with E-state index in [0.29, 0.717) is 21.3 Å². The number of hydrogen-bond acceptors (Lipinski definition) is 6. The second-order valence-electron chi connectivity index (χ2n) is 1.27. The quantitative estimate of drug-likeness (QED) is 0.552. The van der Waals surface area contributed by atoms with Crippen LogP contribution in [0.1, 0.15) is 0 Å². The first-order chi connectivity index (χ1) is 4.79. The summed E-state index contributed by atoms with van der Waals surface area (Å²) in [6, 6.07) is 2.02. The zero-order valence-corrected chi connectivity index (χ0v) is 6.24. The molecule has 0 amide bonds. The fourth-order valence-electron chi connectivity index (χ4n) is 0.286. The monoisotopic (exact) mass is 178 g/mol. The van der Waals surface area contributed by atoms with Crippen LogP contribution in [-0.2, 0) is 0 Å². The fraction of sp³-hybridized carbons (Fsp3) is 0. The van der Waals surface area contributed by atoms with Crippen LogP contribution in [0.3, 0.4) is 0 Å². The van der Waals surface area contributed by atoms with E-state index in [-0.39, 0.29) is 0 Å². The molecule has 0 spiro atoms. The van der Waals surface area contributed by atoms with Crippen molar-refractivity contribution in [3.05, 3.63) is 33.0 Å². The molecular weight excluding hydrogens is 176 g/mol. The molecule has 1 rings (SSSR count). The summed E-state index contributed by atoms with van der Waals surface area (Å²) in [4.78, 5) is 20.9. The van der Waals surface area contributed by atoms with Gasteiger partial charge in [-0.2, -0.15) is 0 Å². The Kier molecular flexibility index (Phi) is 2.41. The average molecular weight is 178 g/mol. The molecule has 0 saturated heterocycles. The van der Waals surface area contributed by atoms with Gasteiger partial charge in [-0.3, -0.25) is 0 Å². The van der Waals surface area contributed by atoms with Crippen LogP contribution in [0.4, 0.5) is 0 Å². The highest BCUT2D eigenvalue weighted by molar-refractivity contribution is 7.61.